The quantitative estimate of drug-likeness (QED) is 0.114. The molecule has 1 unspecified atom stereocenters. The molecular weight excluding hydrogens is 704 g/mol. The molecule has 2 aromatic heterocycles. The summed E-state index contributed by atoms with van der Waals surface area (Å²) in [6.07, 6.45) is 7.27. The molecule has 2 N–H and O–H groups in total. The molecule has 1 fully saturated rings. The molecular formula is C38H40BrClN6O3. The van der Waals surface area contributed by atoms with E-state index in [4.69, 9.17) is 26.2 Å². The van der Waals surface area contributed by atoms with Gasteiger partial charge >= 0.3 is 0 Å². The van der Waals surface area contributed by atoms with Crippen LogP contribution in [0.5, 0.6) is 11.5 Å². The van der Waals surface area contributed by atoms with Crippen molar-refractivity contribution in [2.24, 2.45) is 0 Å². The summed E-state index contributed by atoms with van der Waals surface area (Å²) < 4.78 is 15.6. The fourth-order valence-electron chi connectivity index (χ4n) is 6.12. The second-order valence-electron chi connectivity index (χ2n) is 12.4. The summed E-state index contributed by atoms with van der Waals surface area (Å²) >= 11 is 10.6. The largest absolute Gasteiger partial charge is 0.488 e. The lowest BCUT2D eigenvalue weighted by Gasteiger charge is -2.18. The minimum Gasteiger partial charge on any atom is -0.488 e. The zero-order chi connectivity index (χ0) is 34.2. The average Bonchev–Trinajstić information content (AvgIpc) is 3.80. The fraction of sp³-hybridized carbons (Fsp3) is 0.342. The van der Waals surface area contributed by atoms with Crippen LogP contribution in [-0.4, -0.2) is 57.1 Å². The number of aryl methyl sites for hydroxylation is 1. The number of hydrogen-bond acceptors (Lipinski definition) is 8. The van der Waals surface area contributed by atoms with Gasteiger partial charge in [-0.3, -0.25) is 4.68 Å². The Balaban J connectivity index is 1.20. The van der Waals surface area contributed by atoms with Gasteiger partial charge in [-0.15, -0.1) is 0 Å². The van der Waals surface area contributed by atoms with Crippen molar-refractivity contribution in [2.45, 2.75) is 58.5 Å². The number of fused-ring (bicyclic) bond motifs is 1. The molecule has 0 amide bonds. The van der Waals surface area contributed by atoms with Gasteiger partial charge in [0.25, 0.3) is 0 Å². The number of aliphatic hydroxyl groups excluding tert-OH is 1. The van der Waals surface area contributed by atoms with Crippen molar-refractivity contribution in [2.75, 3.05) is 26.2 Å². The van der Waals surface area contributed by atoms with Crippen LogP contribution in [0.1, 0.15) is 48.6 Å². The molecule has 0 bridgehead atoms. The molecule has 6 rings (SSSR count). The third kappa shape index (κ3) is 8.61. The SMILES string of the molecule is CC(CO)NCc1cc(Cl)c(OCc2cccc(-c3cccc4c3cnn4CCCN3CCCC3)c2Br)cc1OCc1ccnc(C#N)c1. The lowest BCUT2D eigenvalue weighted by Crippen LogP contribution is -2.28. The molecule has 1 aliphatic rings. The normalized spacial score (nSPS) is 13.9. The zero-order valence-corrected chi connectivity index (χ0v) is 29.9. The topological polar surface area (TPSA) is 108 Å². The highest BCUT2D eigenvalue weighted by Gasteiger charge is 2.17. The highest BCUT2D eigenvalue weighted by Crippen LogP contribution is 2.38. The Kier molecular flexibility index (Phi) is 11.8. The van der Waals surface area contributed by atoms with Crippen molar-refractivity contribution in [3.8, 4) is 28.7 Å². The van der Waals surface area contributed by atoms with E-state index < -0.39 is 0 Å². The van der Waals surface area contributed by atoms with Gasteiger partial charge in [0.15, 0.2) is 0 Å². The summed E-state index contributed by atoms with van der Waals surface area (Å²) in [7, 11) is 0. The highest BCUT2D eigenvalue weighted by molar-refractivity contribution is 9.10. The van der Waals surface area contributed by atoms with Crippen LogP contribution in [0.2, 0.25) is 5.02 Å². The Morgan fingerprint density at radius 2 is 1.80 bits per heavy atom. The number of hydrogen-bond donors (Lipinski definition) is 2. The summed E-state index contributed by atoms with van der Waals surface area (Å²) in [4.78, 5) is 6.59. The van der Waals surface area contributed by atoms with Gasteiger partial charge in [-0.1, -0.05) is 41.9 Å². The lowest BCUT2D eigenvalue weighted by atomic mass is 10.00. The van der Waals surface area contributed by atoms with Crippen molar-refractivity contribution in [1.82, 2.24) is 25.0 Å². The minimum atomic E-state index is -0.106. The molecule has 1 atom stereocenters. The molecule has 1 saturated heterocycles. The standard InChI is InChI=1S/C38H40BrClN6O3/c1-26(23-47)43-21-29-18-34(40)37(19-36(29)48-24-27-11-12-42-30(17-27)20-41)49-25-28-7-4-9-32(38(28)39)31-8-5-10-35-33(31)22-44-46(35)16-6-15-45-13-2-3-14-45/h4-5,7-12,17-19,22,26,43,47H,2-3,6,13-16,21,23-25H2,1H3. The van der Waals surface area contributed by atoms with Gasteiger partial charge < -0.3 is 24.8 Å². The Morgan fingerprint density at radius 1 is 1.00 bits per heavy atom. The van der Waals surface area contributed by atoms with E-state index in [1.54, 1.807) is 18.3 Å². The van der Waals surface area contributed by atoms with Crippen LogP contribution in [0.4, 0.5) is 0 Å². The van der Waals surface area contributed by atoms with Crippen LogP contribution < -0.4 is 14.8 Å². The van der Waals surface area contributed by atoms with Crippen LogP contribution in [0.15, 0.2) is 77.5 Å². The smallest absolute Gasteiger partial charge is 0.142 e. The number of benzene rings is 3. The van der Waals surface area contributed by atoms with Crippen LogP contribution in [0.25, 0.3) is 22.0 Å². The molecule has 3 heterocycles. The average molecular weight is 744 g/mol. The Morgan fingerprint density at radius 3 is 2.61 bits per heavy atom. The number of likely N-dealkylation sites (tertiary alicyclic amines) is 1. The third-order valence-corrected chi connectivity index (χ3v) is 10.1. The van der Waals surface area contributed by atoms with Crippen LogP contribution in [0, 0.1) is 11.3 Å². The van der Waals surface area contributed by atoms with E-state index in [1.165, 1.54) is 25.9 Å². The second-order valence-corrected chi connectivity index (χ2v) is 13.6. The molecule has 9 nitrogen and oxygen atoms in total. The number of nitrogens with zero attached hydrogens (tertiary/aromatic N) is 5. The van der Waals surface area contributed by atoms with Gasteiger partial charge in [-0.2, -0.15) is 10.4 Å². The van der Waals surface area contributed by atoms with Crippen LogP contribution >= 0.6 is 27.5 Å². The molecule has 5 aromatic rings. The molecule has 1 aliphatic heterocycles. The highest BCUT2D eigenvalue weighted by atomic mass is 79.9. The van der Waals surface area contributed by atoms with Gasteiger partial charge in [-0.05, 0) is 103 Å². The van der Waals surface area contributed by atoms with Crippen LogP contribution in [0.3, 0.4) is 0 Å². The van der Waals surface area contributed by atoms with E-state index in [0.717, 1.165) is 62.7 Å². The molecule has 3 aromatic carbocycles. The second kappa shape index (κ2) is 16.6. The zero-order valence-electron chi connectivity index (χ0n) is 27.5. The molecule has 11 heteroatoms. The Labute approximate surface area is 300 Å². The number of halogens is 2. The summed E-state index contributed by atoms with van der Waals surface area (Å²) in [5.41, 5.74) is 6.22. The van der Waals surface area contributed by atoms with Gasteiger partial charge in [0.05, 0.1) is 23.3 Å². The van der Waals surface area contributed by atoms with E-state index in [1.807, 2.05) is 37.4 Å². The van der Waals surface area contributed by atoms with E-state index in [-0.39, 0.29) is 25.9 Å². The van der Waals surface area contributed by atoms with Gasteiger partial charge in [0, 0.05) is 52.4 Å². The first-order chi connectivity index (χ1) is 23.9. The predicted molar refractivity (Wildman–Crippen MR) is 196 cm³/mol. The maximum Gasteiger partial charge on any atom is 0.142 e. The minimum absolute atomic E-state index is 0.00269. The van der Waals surface area contributed by atoms with Crippen molar-refractivity contribution in [1.29, 1.82) is 5.26 Å². The van der Waals surface area contributed by atoms with E-state index in [2.05, 4.69) is 66.1 Å². The summed E-state index contributed by atoms with van der Waals surface area (Å²) in [5, 5.41) is 28.4. The summed E-state index contributed by atoms with van der Waals surface area (Å²) in [5.74, 6) is 1.07. The first-order valence-electron chi connectivity index (χ1n) is 16.7. The van der Waals surface area contributed by atoms with E-state index in [0.29, 0.717) is 28.8 Å². The summed E-state index contributed by atoms with van der Waals surface area (Å²) in [6.45, 7) is 7.27. The Bertz CT molecular complexity index is 1940. The van der Waals surface area contributed by atoms with Crippen molar-refractivity contribution in [3.63, 3.8) is 0 Å². The number of aromatic nitrogens is 3. The predicted octanol–water partition coefficient (Wildman–Crippen LogP) is 7.50. The van der Waals surface area contributed by atoms with Gasteiger partial charge in [0.1, 0.15) is 36.5 Å². The molecule has 49 heavy (non-hydrogen) atoms. The third-order valence-electron chi connectivity index (χ3n) is 8.85. The molecule has 0 saturated carbocycles. The molecule has 0 radical (unpaired) electrons. The monoisotopic (exact) mass is 742 g/mol. The number of nitrogens with one attached hydrogen (secondary N) is 1. The van der Waals surface area contributed by atoms with Crippen LogP contribution in [-0.2, 0) is 26.3 Å². The Hall–Kier alpha value is -3.98. The number of ether oxygens (including phenoxy) is 2. The number of nitriles is 1. The lowest BCUT2D eigenvalue weighted by molar-refractivity contribution is 0.249. The maximum atomic E-state index is 9.51. The number of pyridine rings is 1. The molecule has 0 spiro atoms. The summed E-state index contributed by atoms with van der Waals surface area (Å²) in [6, 6.07) is 21.6. The first-order valence-corrected chi connectivity index (χ1v) is 17.8. The van der Waals surface area contributed by atoms with E-state index >= 15 is 0 Å². The van der Waals surface area contributed by atoms with Gasteiger partial charge in [0.2, 0.25) is 0 Å². The maximum absolute atomic E-state index is 9.51. The van der Waals surface area contributed by atoms with E-state index in [9.17, 15) is 10.4 Å². The number of aliphatic hydroxyl groups is 1. The van der Waals surface area contributed by atoms with Crippen molar-refractivity contribution >= 4 is 38.4 Å². The fourth-order valence-corrected chi connectivity index (χ4v) is 6.95. The van der Waals surface area contributed by atoms with Crippen molar-refractivity contribution < 1.29 is 14.6 Å². The number of rotatable bonds is 15. The van der Waals surface area contributed by atoms with Gasteiger partial charge in [-0.25, -0.2) is 4.98 Å². The molecule has 254 valence electrons. The molecule has 0 aliphatic carbocycles. The first kappa shape index (κ1) is 34.9. The van der Waals surface area contributed by atoms with Crippen molar-refractivity contribution in [3.05, 3.63) is 105 Å².